The van der Waals surface area contributed by atoms with E-state index < -0.39 is 0 Å². The number of nitrogens with zero attached hydrogens (tertiary/aromatic N) is 1. The molecule has 2 amide bonds. The van der Waals surface area contributed by atoms with Gasteiger partial charge in [0.25, 0.3) is 0 Å². The molecule has 0 radical (unpaired) electrons. The monoisotopic (exact) mass is 280 g/mol. The van der Waals surface area contributed by atoms with Crippen molar-refractivity contribution in [3.05, 3.63) is 0 Å². The first kappa shape index (κ1) is 15.3. The Morgan fingerprint density at radius 3 is 2.55 bits per heavy atom. The van der Waals surface area contributed by atoms with Crippen molar-refractivity contribution < 1.29 is 9.59 Å². The molecule has 4 unspecified atom stereocenters. The van der Waals surface area contributed by atoms with Crippen LogP contribution < -0.4 is 5.32 Å². The molecule has 4 nitrogen and oxygen atoms in total. The fraction of sp³-hybridized carbons (Fsp3) is 0.875. The van der Waals surface area contributed by atoms with Gasteiger partial charge in [-0.25, -0.2) is 0 Å². The van der Waals surface area contributed by atoms with Crippen molar-refractivity contribution in [3.63, 3.8) is 0 Å². The molecule has 1 saturated heterocycles. The van der Waals surface area contributed by atoms with E-state index in [-0.39, 0.29) is 23.9 Å². The Balaban J connectivity index is 2.08. The second-order valence-electron chi connectivity index (χ2n) is 6.52. The molecule has 0 spiro atoms. The number of hydrogen-bond acceptors (Lipinski definition) is 2. The highest BCUT2D eigenvalue weighted by molar-refractivity contribution is 5.96. The number of hydrogen-bond donors (Lipinski definition) is 1. The van der Waals surface area contributed by atoms with Crippen molar-refractivity contribution in [2.75, 3.05) is 6.54 Å². The second kappa shape index (κ2) is 6.59. The zero-order chi connectivity index (χ0) is 14.7. The SMILES string of the molecule is CCC1NC(=O)C(CC)N(CC2CCCC(C)C2)C1=O. The van der Waals surface area contributed by atoms with Crippen LogP contribution in [0.15, 0.2) is 0 Å². The molecule has 1 saturated carbocycles. The summed E-state index contributed by atoms with van der Waals surface area (Å²) in [6.45, 7) is 7.00. The fourth-order valence-corrected chi connectivity index (χ4v) is 3.73. The Bertz CT molecular complexity index is 369. The van der Waals surface area contributed by atoms with Crippen molar-refractivity contribution in [2.45, 2.75) is 71.4 Å². The molecular formula is C16H28N2O2. The van der Waals surface area contributed by atoms with Gasteiger partial charge < -0.3 is 10.2 Å². The maximum absolute atomic E-state index is 12.5. The van der Waals surface area contributed by atoms with Crippen LogP contribution in [0.5, 0.6) is 0 Å². The van der Waals surface area contributed by atoms with E-state index in [1.807, 2.05) is 18.7 Å². The van der Waals surface area contributed by atoms with Gasteiger partial charge in [-0.2, -0.15) is 0 Å². The highest BCUT2D eigenvalue weighted by Crippen LogP contribution is 2.30. The first-order chi connectivity index (χ1) is 9.56. The average Bonchev–Trinajstić information content (AvgIpc) is 2.43. The third kappa shape index (κ3) is 3.15. The molecule has 4 heteroatoms. The van der Waals surface area contributed by atoms with Gasteiger partial charge in [-0.15, -0.1) is 0 Å². The zero-order valence-corrected chi connectivity index (χ0v) is 13.0. The van der Waals surface area contributed by atoms with Crippen LogP contribution in [0.25, 0.3) is 0 Å². The molecule has 2 fully saturated rings. The number of rotatable bonds is 4. The Kier molecular flexibility index (Phi) is 5.06. The number of carbonyl (C=O) groups is 2. The summed E-state index contributed by atoms with van der Waals surface area (Å²) >= 11 is 0. The summed E-state index contributed by atoms with van der Waals surface area (Å²) in [5.74, 6) is 1.48. The topological polar surface area (TPSA) is 49.4 Å². The predicted octanol–water partition coefficient (Wildman–Crippen LogP) is 2.33. The van der Waals surface area contributed by atoms with Crippen LogP contribution in [0, 0.1) is 11.8 Å². The lowest BCUT2D eigenvalue weighted by Gasteiger charge is -2.41. The summed E-state index contributed by atoms with van der Waals surface area (Å²) in [5, 5.41) is 2.86. The molecule has 1 aliphatic carbocycles. The molecule has 1 N–H and O–H groups in total. The van der Waals surface area contributed by atoms with Crippen molar-refractivity contribution in [1.82, 2.24) is 10.2 Å². The first-order valence-corrected chi connectivity index (χ1v) is 8.17. The molecule has 1 heterocycles. The van der Waals surface area contributed by atoms with E-state index in [0.717, 1.165) is 12.5 Å². The van der Waals surface area contributed by atoms with Crippen molar-refractivity contribution >= 4 is 11.8 Å². The minimum atomic E-state index is -0.314. The lowest BCUT2D eigenvalue weighted by molar-refractivity contribution is -0.150. The average molecular weight is 280 g/mol. The third-order valence-corrected chi connectivity index (χ3v) is 4.87. The van der Waals surface area contributed by atoms with Gasteiger partial charge in [0.1, 0.15) is 12.1 Å². The minimum absolute atomic E-state index is 0.0304. The predicted molar refractivity (Wildman–Crippen MR) is 79.1 cm³/mol. The van der Waals surface area contributed by atoms with Crippen LogP contribution in [0.4, 0.5) is 0 Å². The van der Waals surface area contributed by atoms with Gasteiger partial charge in [0, 0.05) is 6.54 Å². The highest BCUT2D eigenvalue weighted by Gasteiger charge is 2.39. The van der Waals surface area contributed by atoms with Gasteiger partial charge in [0.15, 0.2) is 0 Å². The maximum Gasteiger partial charge on any atom is 0.245 e. The Labute approximate surface area is 122 Å². The fourth-order valence-electron chi connectivity index (χ4n) is 3.73. The van der Waals surface area contributed by atoms with Gasteiger partial charge in [-0.3, -0.25) is 9.59 Å². The van der Waals surface area contributed by atoms with Crippen LogP contribution in [-0.4, -0.2) is 35.3 Å². The molecule has 2 aliphatic rings. The van der Waals surface area contributed by atoms with E-state index >= 15 is 0 Å². The summed E-state index contributed by atoms with van der Waals surface area (Å²) in [7, 11) is 0. The largest absolute Gasteiger partial charge is 0.343 e. The van der Waals surface area contributed by atoms with Crippen LogP contribution in [0.2, 0.25) is 0 Å². The van der Waals surface area contributed by atoms with Gasteiger partial charge in [-0.05, 0) is 37.5 Å². The number of carbonyl (C=O) groups excluding carboxylic acids is 2. The molecule has 4 atom stereocenters. The Hall–Kier alpha value is -1.06. The van der Waals surface area contributed by atoms with Crippen LogP contribution in [0.1, 0.15) is 59.3 Å². The van der Waals surface area contributed by atoms with E-state index in [2.05, 4.69) is 12.2 Å². The third-order valence-electron chi connectivity index (χ3n) is 4.87. The van der Waals surface area contributed by atoms with Crippen molar-refractivity contribution in [1.29, 1.82) is 0 Å². The molecule has 2 rings (SSSR count). The molecule has 20 heavy (non-hydrogen) atoms. The quantitative estimate of drug-likeness (QED) is 0.859. The highest BCUT2D eigenvalue weighted by atomic mass is 16.2. The maximum atomic E-state index is 12.5. The number of nitrogens with one attached hydrogen (secondary N) is 1. The van der Waals surface area contributed by atoms with Gasteiger partial charge in [0.05, 0.1) is 0 Å². The van der Waals surface area contributed by atoms with Crippen molar-refractivity contribution in [3.8, 4) is 0 Å². The normalized spacial score (nSPS) is 35.0. The summed E-state index contributed by atoms with van der Waals surface area (Å²) in [4.78, 5) is 26.6. The van der Waals surface area contributed by atoms with Crippen LogP contribution in [0.3, 0.4) is 0 Å². The van der Waals surface area contributed by atoms with Gasteiger partial charge >= 0.3 is 0 Å². The smallest absolute Gasteiger partial charge is 0.245 e. The summed E-state index contributed by atoms with van der Waals surface area (Å²) < 4.78 is 0. The van der Waals surface area contributed by atoms with Crippen molar-refractivity contribution in [2.24, 2.45) is 11.8 Å². The molecule has 0 aromatic carbocycles. The first-order valence-electron chi connectivity index (χ1n) is 8.17. The summed E-state index contributed by atoms with van der Waals surface area (Å²) in [6.07, 6.45) is 6.34. The molecule has 1 aliphatic heterocycles. The van der Waals surface area contributed by atoms with E-state index in [1.165, 1.54) is 25.7 Å². The van der Waals surface area contributed by atoms with E-state index in [1.54, 1.807) is 0 Å². The van der Waals surface area contributed by atoms with Crippen LogP contribution >= 0.6 is 0 Å². The summed E-state index contributed by atoms with van der Waals surface area (Å²) in [5.41, 5.74) is 0. The number of piperazine rings is 1. The Morgan fingerprint density at radius 2 is 1.95 bits per heavy atom. The molecule has 114 valence electrons. The molecule has 0 aromatic heterocycles. The Morgan fingerprint density at radius 1 is 1.20 bits per heavy atom. The van der Waals surface area contributed by atoms with E-state index in [9.17, 15) is 9.59 Å². The number of amides is 2. The van der Waals surface area contributed by atoms with Gasteiger partial charge in [0.2, 0.25) is 11.8 Å². The van der Waals surface area contributed by atoms with E-state index in [4.69, 9.17) is 0 Å². The molecular weight excluding hydrogens is 252 g/mol. The lowest BCUT2D eigenvalue weighted by Crippen LogP contribution is -2.63. The minimum Gasteiger partial charge on any atom is -0.343 e. The molecule has 0 bridgehead atoms. The lowest BCUT2D eigenvalue weighted by atomic mass is 9.81. The van der Waals surface area contributed by atoms with E-state index in [0.29, 0.717) is 18.8 Å². The zero-order valence-electron chi connectivity index (χ0n) is 13.0. The standard InChI is InChI=1S/C16H28N2O2/c1-4-13-16(20)18(14(5-2)15(19)17-13)10-12-8-6-7-11(3)9-12/h11-14H,4-10H2,1-3H3,(H,17,19). The second-order valence-corrected chi connectivity index (χ2v) is 6.52. The summed E-state index contributed by atoms with van der Waals surface area (Å²) in [6, 6.07) is -0.575. The van der Waals surface area contributed by atoms with Gasteiger partial charge in [-0.1, -0.05) is 33.6 Å². The molecule has 0 aromatic rings. The van der Waals surface area contributed by atoms with Crippen LogP contribution in [-0.2, 0) is 9.59 Å².